The first kappa shape index (κ1) is 23.2. The van der Waals surface area contributed by atoms with Crippen molar-refractivity contribution in [2.75, 3.05) is 6.54 Å². The minimum atomic E-state index is -1.63. The second-order valence-electron chi connectivity index (χ2n) is 10.5. The molecule has 1 saturated carbocycles. The molecule has 2 nitrogen and oxygen atoms in total. The topological polar surface area (TPSA) is 12.5 Å². The molecule has 0 aromatic rings. The van der Waals surface area contributed by atoms with E-state index >= 15 is 0 Å². The van der Waals surface area contributed by atoms with E-state index in [9.17, 15) is 0 Å². The molecule has 25 heavy (non-hydrogen) atoms. The lowest BCUT2D eigenvalue weighted by Crippen LogP contribution is -2.50. The summed E-state index contributed by atoms with van der Waals surface area (Å²) < 4.78 is 6.70. The highest BCUT2D eigenvalue weighted by Crippen LogP contribution is 2.39. The first-order chi connectivity index (χ1) is 11.4. The van der Waals surface area contributed by atoms with E-state index in [2.05, 4.69) is 73.4 Å². The zero-order valence-corrected chi connectivity index (χ0v) is 20.0. The molecule has 0 saturated heterocycles. The lowest BCUT2D eigenvalue weighted by atomic mass is 9.88. The average Bonchev–Trinajstić information content (AvgIpc) is 2.50. The van der Waals surface area contributed by atoms with Crippen molar-refractivity contribution in [2.45, 2.75) is 124 Å². The normalized spacial score (nSPS) is 25.4. The summed E-state index contributed by atoms with van der Waals surface area (Å²) in [5, 5.41) is 0.318. The van der Waals surface area contributed by atoms with E-state index in [1.165, 1.54) is 38.6 Å². The summed E-state index contributed by atoms with van der Waals surface area (Å²) in [6, 6.07) is 1.45. The third kappa shape index (κ3) is 6.66. The fraction of sp³-hybridized carbons (Fsp3) is 1.00. The highest BCUT2D eigenvalue weighted by atomic mass is 28.4. The molecule has 1 aliphatic carbocycles. The average molecular weight is 370 g/mol. The Morgan fingerprint density at radius 3 is 1.92 bits per heavy atom. The molecule has 0 bridgehead atoms. The lowest BCUT2D eigenvalue weighted by molar-refractivity contribution is 0.0377. The third-order valence-corrected chi connectivity index (χ3v) is 11.5. The first-order valence-corrected chi connectivity index (χ1v) is 13.7. The molecule has 0 unspecified atom stereocenters. The monoisotopic (exact) mass is 369 g/mol. The van der Waals surface area contributed by atoms with Crippen LogP contribution in [-0.4, -0.2) is 37.9 Å². The number of hydrogen-bond acceptors (Lipinski definition) is 2. The molecule has 0 radical (unpaired) electrons. The summed E-state index contributed by atoms with van der Waals surface area (Å²) in [6.07, 6.45) is 6.90. The van der Waals surface area contributed by atoms with Crippen LogP contribution in [0.15, 0.2) is 0 Å². The standard InChI is InChI=1S/C22H47NOSi/c1-11-18(4)19(5)23(16-17(2)3)20-12-14-21(15-13-20)24-25(9,10)22(6,7)8/h17-21H,11-16H2,1-10H3/t18-,19+,20?,21?/m1/s1. The van der Waals surface area contributed by atoms with Gasteiger partial charge in [0.15, 0.2) is 8.32 Å². The molecule has 0 aromatic carbocycles. The molecule has 3 heteroatoms. The third-order valence-electron chi connectivity index (χ3n) is 6.95. The summed E-state index contributed by atoms with van der Waals surface area (Å²) in [4.78, 5) is 2.83. The zero-order chi connectivity index (χ0) is 19.4. The van der Waals surface area contributed by atoms with Crippen LogP contribution in [0.1, 0.15) is 87.5 Å². The maximum Gasteiger partial charge on any atom is 0.192 e. The first-order valence-electron chi connectivity index (χ1n) is 10.8. The Labute approximate surface area is 160 Å². The maximum atomic E-state index is 6.70. The van der Waals surface area contributed by atoms with Gasteiger partial charge in [-0.3, -0.25) is 4.90 Å². The van der Waals surface area contributed by atoms with Crippen LogP contribution in [0.3, 0.4) is 0 Å². The highest BCUT2D eigenvalue weighted by molar-refractivity contribution is 6.74. The Balaban J connectivity index is 2.68. The molecule has 0 N–H and O–H groups in total. The zero-order valence-electron chi connectivity index (χ0n) is 19.0. The van der Waals surface area contributed by atoms with Gasteiger partial charge in [0.25, 0.3) is 0 Å². The van der Waals surface area contributed by atoms with E-state index in [4.69, 9.17) is 4.43 Å². The van der Waals surface area contributed by atoms with E-state index in [-0.39, 0.29) is 0 Å². The van der Waals surface area contributed by atoms with Crippen molar-refractivity contribution < 1.29 is 4.43 Å². The van der Waals surface area contributed by atoms with Crippen LogP contribution < -0.4 is 0 Å². The smallest absolute Gasteiger partial charge is 0.192 e. The predicted octanol–water partition coefficient (Wildman–Crippen LogP) is 6.71. The van der Waals surface area contributed by atoms with Crippen LogP contribution in [0, 0.1) is 11.8 Å². The summed E-state index contributed by atoms with van der Waals surface area (Å²) in [5.41, 5.74) is 0. The molecule has 2 atom stereocenters. The van der Waals surface area contributed by atoms with Crippen molar-refractivity contribution in [1.29, 1.82) is 0 Å². The largest absolute Gasteiger partial charge is 0.414 e. The van der Waals surface area contributed by atoms with Gasteiger partial charge in [0.2, 0.25) is 0 Å². The number of hydrogen-bond donors (Lipinski definition) is 0. The van der Waals surface area contributed by atoms with Crippen molar-refractivity contribution >= 4 is 8.32 Å². The number of rotatable bonds is 8. The fourth-order valence-electron chi connectivity index (χ4n) is 3.83. The van der Waals surface area contributed by atoms with Gasteiger partial charge >= 0.3 is 0 Å². The van der Waals surface area contributed by atoms with Gasteiger partial charge in [-0.2, -0.15) is 0 Å². The molecule has 0 aromatic heterocycles. The molecule has 0 amide bonds. The summed E-state index contributed by atoms with van der Waals surface area (Å²) >= 11 is 0. The predicted molar refractivity (Wildman–Crippen MR) is 115 cm³/mol. The van der Waals surface area contributed by atoms with E-state index in [0.717, 1.165) is 17.9 Å². The van der Waals surface area contributed by atoms with Crippen LogP contribution in [0.2, 0.25) is 18.1 Å². The Kier molecular flexibility index (Phi) is 8.69. The summed E-state index contributed by atoms with van der Waals surface area (Å²) in [6.45, 7) is 25.0. The minimum Gasteiger partial charge on any atom is -0.414 e. The van der Waals surface area contributed by atoms with Gasteiger partial charge in [0.05, 0.1) is 0 Å². The van der Waals surface area contributed by atoms with E-state index in [0.29, 0.717) is 17.2 Å². The van der Waals surface area contributed by atoms with Gasteiger partial charge in [0, 0.05) is 24.7 Å². The van der Waals surface area contributed by atoms with Crippen molar-refractivity contribution in [3.8, 4) is 0 Å². The van der Waals surface area contributed by atoms with Gasteiger partial charge in [0.1, 0.15) is 0 Å². The van der Waals surface area contributed by atoms with Crippen LogP contribution in [0.4, 0.5) is 0 Å². The molecule has 1 fully saturated rings. The van der Waals surface area contributed by atoms with E-state index in [1.54, 1.807) is 0 Å². The Bertz CT molecular complexity index is 380. The van der Waals surface area contributed by atoms with Crippen LogP contribution in [0.5, 0.6) is 0 Å². The van der Waals surface area contributed by atoms with Gasteiger partial charge in [-0.15, -0.1) is 0 Å². The molecule has 0 spiro atoms. The lowest BCUT2D eigenvalue weighted by Gasteiger charge is -2.45. The molecule has 150 valence electrons. The molecule has 0 aliphatic heterocycles. The fourth-order valence-corrected chi connectivity index (χ4v) is 5.25. The Morgan fingerprint density at radius 2 is 1.52 bits per heavy atom. The van der Waals surface area contributed by atoms with E-state index in [1.807, 2.05) is 0 Å². The highest BCUT2D eigenvalue weighted by Gasteiger charge is 2.40. The SMILES string of the molecule is CC[C@@H](C)[C@H](C)N(CC(C)C)C1CCC(O[Si](C)(C)C(C)(C)C)CC1. The van der Waals surface area contributed by atoms with Gasteiger partial charge in [-0.1, -0.05) is 54.9 Å². The van der Waals surface area contributed by atoms with Crippen molar-refractivity contribution in [1.82, 2.24) is 4.90 Å². The Morgan fingerprint density at radius 1 is 1.00 bits per heavy atom. The van der Waals surface area contributed by atoms with Crippen molar-refractivity contribution in [3.05, 3.63) is 0 Å². The van der Waals surface area contributed by atoms with Crippen LogP contribution >= 0.6 is 0 Å². The molecule has 0 heterocycles. The summed E-state index contributed by atoms with van der Waals surface area (Å²) in [5.74, 6) is 1.52. The molecule has 1 rings (SSSR count). The molecular formula is C22H47NOSi. The number of nitrogens with zero attached hydrogens (tertiary/aromatic N) is 1. The quantitative estimate of drug-likeness (QED) is 0.441. The molecular weight excluding hydrogens is 322 g/mol. The van der Waals surface area contributed by atoms with E-state index < -0.39 is 8.32 Å². The van der Waals surface area contributed by atoms with Gasteiger partial charge < -0.3 is 4.43 Å². The van der Waals surface area contributed by atoms with Crippen LogP contribution in [-0.2, 0) is 4.43 Å². The molecule has 1 aliphatic rings. The second-order valence-corrected chi connectivity index (χ2v) is 15.3. The maximum absolute atomic E-state index is 6.70. The summed E-state index contributed by atoms with van der Waals surface area (Å²) in [7, 11) is -1.63. The van der Waals surface area contributed by atoms with Crippen LogP contribution in [0.25, 0.3) is 0 Å². The minimum absolute atomic E-state index is 0.318. The van der Waals surface area contributed by atoms with Crippen molar-refractivity contribution in [2.24, 2.45) is 11.8 Å². The second kappa shape index (κ2) is 9.37. The van der Waals surface area contributed by atoms with Gasteiger partial charge in [-0.05, 0) is 62.6 Å². The van der Waals surface area contributed by atoms with Crippen molar-refractivity contribution in [3.63, 3.8) is 0 Å². The Hall–Kier alpha value is 0.137. The van der Waals surface area contributed by atoms with Gasteiger partial charge in [-0.25, -0.2) is 0 Å².